The van der Waals surface area contributed by atoms with Gasteiger partial charge >= 0.3 is 5.97 Å². The highest BCUT2D eigenvalue weighted by atomic mass is 16.6. The SMILES string of the molecule is CC#CCCc1cc([C@H](C[N+](=O)[O-])[C@@]2(C(=O)OC)C[C@@H]3COC(C)(C)N3C2=O)co1. The van der Waals surface area contributed by atoms with Crippen LogP contribution in [0.25, 0.3) is 0 Å². The molecule has 1 aromatic rings. The number of methoxy groups -OCH3 is 1. The number of hydrogen-bond acceptors (Lipinski definition) is 7. The van der Waals surface area contributed by atoms with Crippen molar-refractivity contribution >= 4 is 11.9 Å². The van der Waals surface area contributed by atoms with Crippen molar-refractivity contribution < 1.29 is 28.4 Å². The van der Waals surface area contributed by atoms with Crippen LogP contribution in [-0.4, -0.2) is 53.7 Å². The molecule has 1 amide bonds. The van der Waals surface area contributed by atoms with Crippen LogP contribution in [-0.2, 0) is 25.5 Å². The second kappa shape index (κ2) is 8.11. The van der Waals surface area contributed by atoms with Crippen LogP contribution < -0.4 is 0 Å². The van der Waals surface area contributed by atoms with E-state index in [1.807, 2.05) is 0 Å². The lowest BCUT2D eigenvalue weighted by Crippen LogP contribution is -2.51. The summed E-state index contributed by atoms with van der Waals surface area (Å²) in [6.07, 6.45) is 2.58. The van der Waals surface area contributed by atoms with Crippen molar-refractivity contribution in [2.24, 2.45) is 5.41 Å². The van der Waals surface area contributed by atoms with Gasteiger partial charge in [0.2, 0.25) is 12.5 Å². The second-order valence-corrected chi connectivity index (χ2v) is 8.09. The zero-order valence-electron chi connectivity index (χ0n) is 17.6. The van der Waals surface area contributed by atoms with Crippen LogP contribution in [0.1, 0.15) is 50.9 Å². The number of rotatable bonds is 7. The van der Waals surface area contributed by atoms with E-state index in [9.17, 15) is 19.7 Å². The van der Waals surface area contributed by atoms with Crippen LogP contribution in [0.5, 0.6) is 0 Å². The minimum Gasteiger partial charge on any atom is -0.469 e. The number of nitro groups is 1. The lowest BCUT2D eigenvalue weighted by atomic mass is 9.70. The molecular formula is C21H26N2O7. The number of furan rings is 1. The summed E-state index contributed by atoms with van der Waals surface area (Å²) in [6.45, 7) is 4.88. The van der Waals surface area contributed by atoms with Crippen molar-refractivity contribution in [2.75, 3.05) is 20.3 Å². The fraction of sp³-hybridized carbons (Fsp3) is 0.619. The second-order valence-electron chi connectivity index (χ2n) is 8.09. The Morgan fingerprint density at radius 3 is 2.83 bits per heavy atom. The lowest BCUT2D eigenvalue weighted by Gasteiger charge is -2.34. The maximum absolute atomic E-state index is 13.6. The highest BCUT2D eigenvalue weighted by molar-refractivity contribution is 6.06. The Balaban J connectivity index is 2.05. The molecular weight excluding hydrogens is 392 g/mol. The van der Waals surface area contributed by atoms with E-state index in [-0.39, 0.29) is 19.1 Å². The Kier molecular flexibility index (Phi) is 5.90. The molecule has 2 fully saturated rings. The Hall–Kier alpha value is -2.86. The third-order valence-corrected chi connectivity index (χ3v) is 5.96. The van der Waals surface area contributed by atoms with Gasteiger partial charge in [-0.15, -0.1) is 11.8 Å². The van der Waals surface area contributed by atoms with Crippen molar-refractivity contribution in [1.82, 2.24) is 4.90 Å². The van der Waals surface area contributed by atoms with Gasteiger partial charge in [0.25, 0.3) is 0 Å². The standard InChI is InChI=1S/C21H26N2O7/c1-5-6-7-8-16-9-14(12-29-16)17(11-22(26)27)21(19(25)28-4)10-15-13-30-20(2,3)23(15)18(21)24/h9,12,15,17H,7-8,10-11,13H2,1-4H3/t15-,17+,21+/m1/s1. The smallest absolute Gasteiger partial charge is 0.322 e. The number of fused-ring (bicyclic) bond motifs is 1. The van der Waals surface area contributed by atoms with Gasteiger partial charge in [-0.05, 0) is 33.3 Å². The fourth-order valence-corrected chi connectivity index (χ4v) is 4.62. The molecule has 0 bridgehead atoms. The number of hydrogen-bond donors (Lipinski definition) is 0. The highest BCUT2D eigenvalue weighted by Gasteiger charge is 2.67. The van der Waals surface area contributed by atoms with E-state index in [0.717, 1.165) is 0 Å². The fourth-order valence-electron chi connectivity index (χ4n) is 4.62. The molecule has 30 heavy (non-hydrogen) atoms. The third-order valence-electron chi connectivity index (χ3n) is 5.96. The zero-order chi connectivity index (χ0) is 22.1. The van der Waals surface area contributed by atoms with E-state index < -0.39 is 40.4 Å². The van der Waals surface area contributed by atoms with Crippen molar-refractivity contribution in [1.29, 1.82) is 0 Å². The minimum atomic E-state index is -1.71. The number of nitrogens with zero attached hydrogens (tertiary/aromatic N) is 2. The highest BCUT2D eigenvalue weighted by Crippen LogP contribution is 2.52. The molecule has 0 aromatic carbocycles. The zero-order valence-corrected chi connectivity index (χ0v) is 17.6. The number of amides is 1. The maximum atomic E-state index is 13.6. The lowest BCUT2D eigenvalue weighted by molar-refractivity contribution is -0.485. The number of ether oxygens (including phenoxy) is 2. The predicted molar refractivity (Wildman–Crippen MR) is 105 cm³/mol. The molecule has 3 heterocycles. The molecule has 0 unspecified atom stereocenters. The normalized spacial score (nSPS) is 25.4. The summed E-state index contributed by atoms with van der Waals surface area (Å²) in [6, 6.07) is 1.32. The summed E-state index contributed by atoms with van der Waals surface area (Å²) < 4.78 is 16.3. The molecule has 3 atom stereocenters. The Morgan fingerprint density at radius 2 is 2.23 bits per heavy atom. The van der Waals surface area contributed by atoms with E-state index in [1.165, 1.54) is 18.3 Å². The number of carbonyl (C=O) groups excluding carboxylic acids is 2. The van der Waals surface area contributed by atoms with Gasteiger partial charge in [-0.1, -0.05) is 0 Å². The van der Waals surface area contributed by atoms with Gasteiger partial charge in [0.15, 0.2) is 5.41 Å². The predicted octanol–water partition coefficient (Wildman–Crippen LogP) is 2.12. The number of carbonyl (C=O) groups is 2. The topological polar surface area (TPSA) is 112 Å². The molecule has 0 aliphatic carbocycles. The van der Waals surface area contributed by atoms with E-state index in [2.05, 4.69) is 11.8 Å². The van der Waals surface area contributed by atoms with Gasteiger partial charge in [-0.2, -0.15) is 0 Å². The summed E-state index contributed by atoms with van der Waals surface area (Å²) in [5.41, 5.74) is -2.18. The molecule has 2 aliphatic heterocycles. The van der Waals surface area contributed by atoms with E-state index in [0.29, 0.717) is 24.2 Å². The summed E-state index contributed by atoms with van der Waals surface area (Å²) in [4.78, 5) is 39.2. The molecule has 2 saturated heterocycles. The van der Waals surface area contributed by atoms with Gasteiger partial charge in [0.1, 0.15) is 11.5 Å². The largest absolute Gasteiger partial charge is 0.469 e. The summed E-state index contributed by atoms with van der Waals surface area (Å²) in [5.74, 6) is 4.02. The van der Waals surface area contributed by atoms with E-state index in [4.69, 9.17) is 13.9 Å². The van der Waals surface area contributed by atoms with Gasteiger partial charge in [0, 0.05) is 23.3 Å². The minimum absolute atomic E-state index is 0.0856. The molecule has 9 nitrogen and oxygen atoms in total. The molecule has 1 aromatic heterocycles. The van der Waals surface area contributed by atoms with Crippen molar-refractivity contribution in [2.45, 2.75) is 57.7 Å². The van der Waals surface area contributed by atoms with Gasteiger partial charge < -0.3 is 18.8 Å². The van der Waals surface area contributed by atoms with Crippen LogP contribution in [0, 0.1) is 27.4 Å². The number of aryl methyl sites for hydroxylation is 1. The first-order valence-corrected chi connectivity index (χ1v) is 9.82. The summed E-state index contributed by atoms with van der Waals surface area (Å²) in [7, 11) is 1.19. The molecule has 162 valence electrons. The first kappa shape index (κ1) is 21.8. The van der Waals surface area contributed by atoms with E-state index >= 15 is 0 Å². The molecule has 2 aliphatic rings. The first-order valence-electron chi connectivity index (χ1n) is 9.82. The van der Waals surface area contributed by atoms with Crippen LogP contribution in [0.3, 0.4) is 0 Å². The quantitative estimate of drug-likeness (QED) is 0.219. The Morgan fingerprint density at radius 1 is 1.50 bits per heavy atom. The van der Waals surface area contributed by atoms with Gasteiger partial charge in [0.05, 0.1) is 31.9 Å². The molecule has 0 radical (unpaired) electrons. The third kappa shape index (κ3) is 3.56. The van der Waals surface area contributed by atoms with Crippen molar-refractivity contribution in [3.05, 3.63) is 33.8 Å². The van der Waals surface area contributed by atoms with Gasteiger partial charge in [-0.25, -0.2) is 0 Å². The summed E-state index contributed by atoms with van der Waals surface area (Å²) >= 11 is 0. The average Bonchev–Trinajstić information content (AvgIpc) is 3.35. The monoisotopic (exact) mass is 418 g/mol. The number of esters is 1. The Bertz CT molecular complexity index is 910. The van der Waals surface area contributed by atoms with Crippen LogP contribution in [0.15, 0.2) is 16.7 Å². The molecule has 0 saturated carbocycles. The van der Waals surface area contributed by atoms with Crippen LogP contribution >= 0.6 is 0 Å². The van der Waals surface area contributed by atoms with Gasteiger partial charge in [-0.3, -0.25) is 19.7 Å². The molecule has 0 N–H and O–H groups in total. The van der Waals surface area contributed by atoms with E-state index in [1.54, 1.807) is 26.8 Å². The summed E-state index contributed by atoms with van der Waals surface area (Å²) in [5, 5.41) is 11.5. The van der Waals surface area contributed by atoms with Crippen LogP contribution in [0.4, 0.5) is 0 Å². The van der Waals surface area contributed by atoms with Crippen molar-refractivity contribution in [3.8, 4) is 11.8 Å². The Labute approximate surface area is 174 Å². The molecule has 0 spiro atoms. The average molecular weight is 418 g/mol. The van der Waals surface area contributed by atoms with Crippen molar-refractivity contribution in [3.63, 3.8) is 0 Å². The molecule has 9 heteroatoms. The molecule has 3 rings (SSSR count). The first-order chi connectivity index (χ1) is 14.2. The maximum Gasteiger partial charge on any atom is 0.322 e. The van der Waals surface area contributed by atoms with Crippen LogP contribution in [0.2, 0.25) is 0 Å².